The molecule has 0 unspecified atom stereocenters. The summed E-state index contributed by atoms with van der Waals surface area (Å²) in [6, 6.07) is 23.1. The minimum absolute atomic E-state index is 0.0965. The summed E-state index contributed by atoms with van der Waals surface area (Å²) in [6.07, 6.45) is 0. The second kappa shape index (κ2) is 5.58. The number of aliphatic hydroxyl groups excluding tert-OH is 1. The molecule has 94 valence electrons. The van der Waals surface area contributed by atoms with Crippen molar-refractivity contribution in [3.63, 3.8) is 0 Å². The van der Waals surface area contributed by atoms with Crippen molar-refractivity contribution in [1.82, 2.24) is 0 Å². The Morgan fingerprint density at radius 1 is 0.789 bits per heavy atom. The van der Waals surface area contributed by atoms with E-state index in [1.807, 2.05) is 18.2 Å². The first kappa shape index (κ1) is 12.4. The van der Waals surface area contributed by atoms with Crippen molar-refractivity contribution in [2.45, 2.75) is 6.61 Å². The van der Waals surface area contributed by atoms with Crippen LogP contribution in [0.5, 0.6) is 0 Å². The molecule has 0 amide bonds. The van der Waals surface area contributed by atoms with Crippen LogP contribution in [0.25, 0.3) is 10.8 Å². The van der Waals surface area contributed by atoms with E-state index >= 15 is 0 Å². The molecule has 0 aliphatic carbocycles. The fraction of sp³-hybridized carbons (Fsp3) is 0.0588. The SMILES string of the molecule is OCc1cc([Se]c2ccccc2)cc2ccccc12. The Balaban J connectivity index is 2.05. The van der Waals surface area contributed by atoms with Gasteiger partial charge in [0.1, 0.15) is 0 Å². The Bertz CT molecular complexity index is 692. The van der Waals surface area contributed by atoms with Crippen molar-refractivity contribution in [3.05, 3.63) is 72.3 Å². The van der Waals surface area contributed by atoms with Crippen molar-refractivity contribution in [2.75, 3.05) is 0 Å². The zero-order valence-electron chi connectivity index (χ0n) is 10.4. The Hall–Kier alpha value is -1.60. The molecule has 0 saturated heterocycles. The average molecular weight is 313 g/mol. The molecule has 0 fully saturated rings. The van der Waals surface area contributed by atoms with Crippen molar-refractivity contribution in [2.24, 2.45) is 0 Å². The van der Waals surface area contributed by atoms with Gasteiger partial charge in [-0.15, -0.1) is 0 Å². The summed E-state index contributed by atoms with van der Waals surface area (Å²) in [5.74, 6) is 0. The molecule has 3 aromatic rings. The molecule has 0 saturated carbocycles. The summed E-state index contributed by atoms with van der Waals surface area (Å²) >= 11 is 0.287. The maximum absolute atomic E-state index is 9.53. The van der Waals surface area contributed by atoms with Crippen LogP contribution in [0.2, 0.25) is 0 Å². The van der Waals surface area contributed by atoms with Gasteiger partial charge in [-0.3, -0.25) is 0 Å². The Kier molecular flexibility index (Phi) is 3.65. The van der Waals surface area contributed by atoms with Crippen LogP contribution in [0.1, 0.15) is 5.56 Å². The van der Waals surface area contributed by atoms with Crippen LogP contribution in [0.4, 0.5) is 0 Å². The molecule has 19 heavy (non-hydrogen) atoms. The molecule has 0 bridgehead atoms. The second-order valence-corrected chi connectivity index (χ2v) is 6.78. The number of benzene rings is 3. The Morgan fingerprint density at radius 2 is 1.53 bits per heavy atom. The van der Waals surface area contributed by atoms with Gasteiger partial charge < -0.3 is 0 Å². The fourth-order valence-corrected chi connectivity index (χ4v) is 4.17. The van der Waals surface area contributed by atoms with Gasteiger partial charge in [-0.2, -0.15) is 0 Å². The predicted molar refractivity (Wildman–Crippen MR) is 81.3 cm³/mol. The molecule has 1 N–H and O–H groups in total. The average Bonchev–Trinajstić information content (AvgIpc) is 2.47. The van der Waals surface area contributed by atoms with Crippen molar-refractivity contribution in [3.8, 4) is 0 Å². The van der Waals surface area contributed by atoms with Gasteiger partial charge in [-0.05, 0) is 0 Å². The van der Waals surface area contributed by atoms with Crippen LogP contribution in [-0.2, 0) is 6.61 Å². The zero-order chi connectivity index (χ0) is 13.1. The van der Waals surface area contributed by atoms with Gasteiger partial charge in [-0.25, -0.2) is 0 Å². The maximum atomic E-state index is 9.53. The molecule has 2 heteroatoms. The third kappa shape index (κ3) is 2.71. The molecule has 0 aliphatic rings. The molecule has 0 aliphatic heterocycles. The zero-order valence-corrected chi connectivity index (χ0v) is 12.1. The summed E-state index contributed by atoms with van der Waals surface area (Å²) in [6.45, 7) is 0.0965. The topological polar surface area (TPSA) is 20.2 Å². The van der Waals surface area contributed by atoms with Gasteiger partial charge in [0.2, 0.25) is 0 Å². The van der Waals surface area contributed by atoms with Crippen LogP contribution in [-0.4, -0.2) is 20.1 Å². The van der Waals surface area contributed by atoms with E-state index in [2.05, 4.69) is 48.5 Å². The van der Waals surface area contributed by atoms with Crippen molar-refractivity contribution < 1.29 is 5.11 Å². The monoisotopic (exact) mass is 314 g/mol. The number of hydrogen-bond acceptors (Lipinski definition) is 1. The first-order valence-electron chi connectivity index (χ1n) is 6.22. The van der Waals surface area contributed by atoms with Crippen LogP contribution in [0, 0.1) is 0 Å². The van der Waals surface area contributed by atoms with E-state index in [1.165, 1.54) is 14.3 Å². The summed E-state index contributed by atoms with van der Waals surface area (Å²) in [4.78, 5) is 0. The van der Waals surface area contributed by atoms with E-state index in [-0.39, 0.29) is 21.6 Å². The van der Waals surface area contributed by atoms with Crippen LogP contribution in [0.3, 0.4) is 0 Å². The summed E-state index contributed by atoms with van der Waals surface area (Å²) in [5.41, 5.74) is 1.02. The normalized spacial score (nSPS) is 10.8. The predicted octanol–water partition coefficient (Wildman–Crippen LogP) is 1.99. The number of hydrogen-bond donors (Lipinski definition) is 1. The van der Waals surface area contributed by atoms with Gasteiger partial charge in [-0.1, -0.05) is 0 Å². The fourth-order valence-electron chi connectivity index (χ4n) is 2.17. The molecule has 3 rings (SSSR count). The first-order valence-corrected chi connectivity index (χ1v) is 7.93. The third-order valence-corrected chi connectivity index (χ3v) is 5.12. The van der Waals surface area contributed by atoms with E-state index in [0.29, 0.717) is 0 Å². The van der Waals surface area contributed by atoms with Gasteiger partial charge in [0.15, 0.2) is 0 Å². The standard InChI is InChI=1S/C17H14OSe/c18-12-14-11-16(19-15-7-2-1-3-8-15)10-13-6-4-5-9-17(13)14/h1-11,18H,12H2. The van der Waals surface area contributed by atoms with Crippen molar-refractivity contribution >= 4 is 34.7 Å². The molecule has 1 nitrogen and oxygen atoms in total. The molecular formula is C17H14OSe. The minimum atomic E-state index is 0.0965. The Morgan fingerprint density at radius 3 is 2.32 bits per heavy atom. The molecule has 3 aromatic carbocycles. The van der Waals surface area contributed by atoms with E-state index in [0.717, 1.165) is 10.9 Å². The van der Waals surface area contributed by atoms with Crippen molar-refractivity contribution in [1.29, 1.82) is 0 Å². The molecule has 0 spiro atoms. The summed E-state index contributed by atoms with van der Waals surface area (Å²) < 4.78 is 2.66. The first-order chi connectivity index (χ1) is 9.36. The van der Waals surface area contributed by atoms with Crippen LogP contribution < -0.4 is 8.92 Å². The Labute approximate surface area is 119 Å². The van der Waals surface area contributed by atoms with E-state index < -0.39 is 0 Å². The van der Waals surface area contributed by atoms with E-state index in [1.54, 1.807) is 0 Å². The summed E-state index contributed by atoms with van der Waals surface area (Å²) in [5, 5.41) is 11.9. The quantitative estimate of drug-likeness (QED) is 0.733. The molecule has 0 atom stereocenters. The van der Waals surface area contributed by atoms with Crippen LogP contribution in [0.15, 0.2) is 66.7 Å². The van der Waals surface area contributed by atoms with Gasteiger partial charge >= 0.3 is 119 Å². The molecule has 0 heterocycles. The number of rotatable bonds is 3. The van der Waals surface area contributed by atoms with E-state index in [4.69, 9.17) is 0 Å². The third-order valence-electron chi connectivity index (χ3n) is 3.07. The molecule has 0 radical (unpaired) electrons. The van der Waals surface area contributed by atoms with Crippen LogP contribution >= 0.6 is 0 Å². The van der Waals surface area contributed by atoms with Gasteiger partial charge in [0.05, 0.1) is 0 Å². The molecule has 0 aromatic heterocycles. The van der Waals surface area contributed by atoms with E-state index in [9.17, 15) is 5.11 Å². The number of aliphatic hydroxyl groups is 1. The van der Waals surface area contributed by atoms with Gasteiger partial charge in [0, 0.05) is 0 Å². The second-order valence-electron chi connectivity index (χ2n) is 4.38. The number of fused-ring (bicyclic) bond motifs is 1. The summed E-state index contributed by atoms with van der Waals surface area (Å²) in [7, 11) is 0. The molecular weight excluding hydrogens is 299 g/mol. The van der Waals surface area contributed by atoms with Gasteiger partial charge in [0.25, 0.3) is 0 Å².